The van der Waals surface area contributed by atoms with Crippen molar-refractivity contribution in [2.75, 3.05) is 5.32 Å². The van der Waals surface area contributed by atoms with Crippen molar-refractivity contribution in [1.29, 1.82) is 0 Å². The minimum absolute atomic E-state index is 0.0504. The molecule has 1 atom stereocenters. The molecule has 3 heteroatoms. The molecule has 3 nitrogen and oxygen atoms in total. The molecule has 1 aliphatic heterocycles. The van der Waals surface area contributed by atoms with E-state index in [2.05, 4.69) is 167 Å². The molecule has 0 aliphatic carbocycles. The predicted molar refractivity (Wildman–Crippen MR) is 201 cm³/mol. The molecule has 5 rings (SSSR count). The molecule has 3 N–H and O–H groups in total. The topological polar surface area (TPSA) is 52.5 Å². The standard InChI is InChI=1S/C44H55NO2/c1-41(2,3)29-23-33(39(46)35(25-29)43(7,8)9)32-20-16-19-31-28(21-27-17-14-13-15-18-27)22-37(45-38(31)32)34-24-30(42(4,5)6)26-36(40(34)47)44(10,11)12/h13-20,22-26,28,45-47H,21H2,1-12H3/t28-/m1/s1. The van der Waals surface area contributed by atoms with Gasteiger partial charge in [-0.25, -0.2) is 0 Å². The van der Waals surface area contributed by atoms with Crippen molar-refractivity contribution in [3.8, 4) is 22.6 Å². The highest BCUT2D eigenvalue weighted by Crippen LogP contribution is 2.50. The maximum atomic E-state index is 12.0. The van der Waals surface area contributed by atoms with E-state index in [0.717, 1.165) is 45.6 Å². The third-order valence-electron chi connectivity index (χ3n) is 9.57. The zero-order valence-electron chi connectivity index (χ0n) is 30.7. The maximum absolute atomic E-state index is 12.0. The summed E-state index contributed by atoms with van der Waals surface area (Å²) in [6.07, 6.45) is 3.11. The number of phenolic OH excluding ortho intramolecular Hbond substituents is 2. The van der Waals surface area contributed by atoms with Gasteiger partial charge in [0, 0.05) is 39.4 Å². The van der Waals surface area contributed by atoms with Gasteiger partial charge in [0.1, 0.15) is 11.5 Å². The van der Waals surface area contributed by atoms with Crippen LogP contribution < -0.4 is 5.32 Å². The van der Waals surface area contributed by atoms with Crippen molar-refractivity contribution in [2.24, 2.45) is 0 Å². The van der Waals surface area contributed by atoms with Crippen LogP contribution >= 0.6 is 0 Å². The summed E-state index contributed by atoms with van der Waals surface area (Å²) < 4.78 is 0. The Kier molecular flexibility index (Phi) is 8.71. The van der Waals surface area contributed by atoms with Gasteiger partial charge in [0.2, 0.25) is 0 Å². The molecule has 1 heterocycles. The summed E-state index contributed by atoms with van der Waals surface area (Å²) in [6.45, 7) is 26.3. The number of allylic oxidation sites excluding steroid dienone is 1. The molecule has 4 aromatic rings. The van der Waals surface area contributed by atoms with E-state index in [1.165, 1.54) is 22.3 Å². The van der Waals surface area contributed by atoms with Crippen LogP contribution in [0.2, 0.25) is 0 Å². The highest BCUT2D eigenvalue weighted by atomic mass is 16.3. The van der Waals surface area contributed by atoms with Gasteiger partial charge in [-0.2, -0.15) is 0 Å². The van der Waals surface area contributed by atoms with Gasteiger partial charge in [-0.15, -0.1) is 0 Å². The first-order chi connectivity index (χ1) is 21.7. The Morgan fingerprint density at radius 2 is 1.06 bits per heavy atom. The molecule has 0 fully saturated rings. The number of rotatable bonds is 4. The summed E-state index contributed by atoms with van der Waals surface area (Å²) in [6, 6.07) is 25.7. The van der Waals surface area contributed by atoms with Gasteiger partial charge in [-0.1, -0.05) is 150 Å². The third kappa shape index (κ3) is 7.00. The Morgan fingerprint density at radius 1 is 0.553 bits per heavy atom. The first-order valence-electron chi connectivity index (χ1n) is 17.1. The van der Waals surface area contributed by atoms with Crippen molar-refractivity contribution in [1.82, 2.24) is 0 Å². The van der Waals surface area contributed by atoms with Crippen LogP contribution in [0, 0.1) is 0 Å². The highest BCUT2D eigenvalue weighted by molar-refractivity contribution is 5.94. The zero-order chi connectivity index (χ0) is 34.7. The quantitative estimate of drug-likeness (QED) is 0.210. The Morgan fingerprint density at radius 3 is 1.57 bits per heavy atom. The maximum Gasteiger partial charge on any atom is 0.128 e. The number of fused-ring (bicyclic) bond motifs is 1. The molecule has 248 valence electrons. The van der Waals surface area contributed by atoms with Gasteiger partial charge in [-0.3, -0.25) is 0 Å². The Balaban J connectivity index is 1.80. The lowest BCUT2D eigenvalue weighted by Crippen LogP contribution is -2.20. The van der Waals surface area contributed by atoms with Gasteiger partial charge in [-0.05, 0) is 62.5 Å². The molecular weight excluding hydrogens is 574 g/mol. The van der Waals surface area contributed by atoms with Crippen molar-refractivity contribution in [3.05, 3.63) is 118 Å². The fourth-order valence-electron chi connectivity index (χ4n) is 6.59. The van der Waals surface area contributed by atoms with E-state index >= 15 is 0 Å². The van der Waals surface area contributed by atoms with Gasteiger partial charge in [0.15, 0.2) is 0 Å². The molecule has 4 aromatic carbocycles. The summed E-state index contributed by atoms with van der Waals surface area (Å²) in [5.41, 5.74) is 10.4. The van der Waals surface area contributed by atoms with Crippen LogP contribution in [0.4, 0.5) is 5.69 Å². The van der Waals surface area contributed by atoms with Crippen LogP contribution in [0.25, 0.3) is 16.8 Å². The first-order valence-corrected chi connectivity index (χ1v) is 17.1. The average molecular weight is 630 g/mol. The Labute approximate surface area is 283 Å². The van der Waals surface area contributed by atoms with Crippen LogP contribution in [-0.2, 0) is 28.1 Å². The average Bonchev–Trinajstić information content (AvgIpc) is 2.95. The second-order valence-corrected chi connectivity index (χ2v) is 17.6. The highest BCUT2D eigenvalue weighted by Gasteiger charge is 2.32. The zero-order valence-corrected chi connectivity index (χ0v) is 30.7. The van der Waals surface area contributed by atoms with Crippen LogP contribution in [0.1, 0.15) is 128 Å². The number of hydrogen-bond donors (Lipinski definition) is 3. The minimum Gasteiger partial charge on any atom is -0.507 e. The SMILES string of the molecule is CC(C)(C)c1cc(C2=C[C@@H](Cc3ccccc3)c3cccc(-c4cc(C(C)(C)C)cc(C(C)(C)C)c4O)c3N2)c(O)c(C(C)(C)C)c1. The van der Waals surface area contributed by atoms with Crippen LogP contribution in [0.3, 0.4) is 0 Å². The molecular formula is C44H55NO2. The largest absolute Gasteiger partial charge is 0.507 e. The first kappa shape index (κ1) is 34.4. The van der Waals surface area contributed by atoms with E-state index in [4.69, 9.17) is 0 Å². The summed E-state index contributed by atoms with van der Waals surface area (Å²) in [5, 5.41) is 27.7. The number of nitrogens with one attached hydrogen (secondary N) is 1. The number of hydrogen-bond acceptors (Lipinski definition) is 3. The third-order valence-corrected chi connectivity index (χ3v) is 9.57. The molecule has 0 radical (unpaired) electrons. The van der Waals surface area contributed by atoms with Crippen LogP contribution in [0.15, 0.2) is 78.9 Å². The van der Waals surface area contributed by atoms with Crippen LogP contribution in [-0.4, -0.2) is 10.2 Å². The van der Waals surface area contributed by atoms with Crippen molar-refractivity contribution in [2.45, 2.75) is 117 Å². The second-order valence-electron chi connectivity index (χ2n) is 17.6. The lowest BCUT2D eigenvalue weighted by Gasteiger charge is -2.32. The lowest BCUT2D eigenvalue weighted by molar-refractivity contribution is 0.442. The number of phenols is 2. The molecule has 1 aliphatic rings. The van der Waals surface area contributed by atoms with E-state index in [1.54, 1.807) is 0 Å². The summed E-state index contributed by atoms with van der Waals surface area (Å²) in [7, 11) is 0. The van der Waals surface area contributed by atoms with E-state index in [9.17, 15) is 10.2 Å². The molecule has 0 aromatic heterocycles. The number of benzene rings is 4. The Bertz CT molecular complexity index is 1820. The molecule has 0 spiro atoms. The van der Waals surface area contributed by atoms with Gasteiger partial charge in [0.05, 0.1) is 5.69 Å². The van der Waals surface area contributed by atoms with E-state index in [0.29, 0.717) is 11.5 Å². The second kappa shape index (κ2) is 11.9. The molecule has 0 bridgehead atoms. The molecule has 47 heavy (non-hydrogen) atoms. The molecule has 0 unspecified atom stereocenters. The van der Waals surface area contributed by atoms with Gasteiger partial charge in [0.25, 0.3) is 0 Å². The van der Waals surface area contributed by atoms with E-state index in [1.807, 2.05) is 0 Å². The summed E-state index contributed by atoms with van der Waals surface area (Å²) in [4.78, 5) is 0. The minimum atomic E-state index is -0.246. The van der Waals surface area contributed by atoms with Crippen molar-refractivity contribution >= 4 is 11.4 Å². The number of anilines is 1. The normalized spacial score (nSPS) is 15.6. The van der Waals surface area contributed by atoms with Crippen molar-refractivity contribution < 1.29 is 10.2 Å². The fourth-order valence-corrected chi connectivity index (χ4v) is 6.59. The molecule has 0 saturated carbocycles. The summed E-state index contributed by atoms with van der Waals surface area (Å²) in [5.74, 6) is 0.689. The number of para-hydroxylation sites is 1. The fraction of sp³-hybridized carbons (Fsp3) is 0.409. The van der Waals surface area contributed by atoms with E-state index < -0.39 is 0 Å². The Hall–Kier alpha value is -3.98. The van der Waals surface area contributed by atoms with E-state index in [-0.39, 0.29) is 27.6 Å². The van der Waals surface area contributed by atoms with Crippen molar-refractivity contribution in [3.63, 3.8) is 0 Å². The predicted octanol–water partition coefficient (Wildman–Crippen LogP) is 11.7. The van der Waals surface area contributed by atoms with Gasteiger partial charge >= 0.3 is 0 Å². The molecule has 0 saturated heterocycles. The van der Waals surface area contributed by atoms with Gasteiger partial charge < -0.3 is 15.5 Å². The molecule has 0 amide bonds. The lowest BCUT2D eigenvalue weighted by atomic mass is 9.76. The smallest absolute Gasteiger partial charge is 0.128 e. The van der Waals surface area contributed by atoms with Crippen LogP contribution in [0.5, 0.6) is 11.5 Å². The summed E-state index contributed by atoms with van der Waals surface area (Å²) >= 11 is 0. The monoisotopic (exact) mass is 629 g/mol. The number of aromatic hydroxyl groups is 2.